The zero-order valence-corrected chi connectivity index (χ0v) is 22.9. The summed E-state index contributed by atoms with van der Waals surface area (Å²) in [5, 5.41) is 12.7. The summed E-state index contributed by atoms with van der Waals surface area (Å²) in [4.78, 5) is 26.1. The van der Waals surface area contributed by atoms with Crippen LogP contribution in [-0.4, -0.2) is 39.0 Å². The van der Waals surface area contributed by atoms with E-state index in [1.807, 2.05) is 58.2 Å². The molecule has 2 heterocycles. The first-order valence-electron chi connectivity index (χ1n) is 11.5. The van der Waals surface area contributed by atoms with Gasteiger partial charge in [0.1, 0.15) is 10.8 Å². The van der Waals surface area contributed by atoms with Gasteiger partial charge in [-0.25, -0.2) is 4.79 Å². The molecule has 0 saturated carbocycles. The lowest BCUT2D eigenvalue weighted by Gasteiger charge is -2.17. The Hall–Kier alpha value is -2.85. The molecule has 0 aliphatic heterocycles. The smallest absolute Gasteiger partial charge is 0.341 e. The van der Waals surface area contributed by atoms with Crippen LogP contribution in [0.25, 0.3) is 0 Å². The minimum Gasteiger partial charge on any atom is -0.482 e. The third kappa shape index (κ3) is 6.24. The molecule has 2 aromatic heterocycles. The minimum absolute atomic E-state index is 0.128. The van der Waals surface area contributed by atoms with Crippen LogP contribution in [0.2, 0.25) is 0 Å². The van der Waals surface area contributed by atoms with Crippen molar-refractivity contribution in [3.63, 3.8) is 0 Å². The van der Waals surface area contributed by atoms with E-state index in [4.69, 9.17) is 9.47 Å². The van der Waals surface area contributed by atoms with Gasteiger partial charge >= 0.3 is 5.97 Å². The number of ether oxygens (including phenoxy) is 2. The monoisotopic (exact) mass is 516 g/mol. The molecule has 0 saturated heterocycles. The first kappa shape index (κ1) is 26.7. The number of thioether (sulfide) groups is 1. The number of carbonyl (C=O) groups excluding carboxylic acids is 2. The van der Waals surface area contributed by atoms with Crippen LogP contribution in [0, 0.1) is 27.7 Å². The van der Waals surface area contributed by atoms with Crippen LogP contribution in [0.5, 0.6) is 5.75 Å². The fourth-order valence-corrected chi connectivity index (χ4v) is 5.51. The Balaban J connectivity index is 1.68. The molecule has 1 unspecified atom stereocenters. The van der Waals surface area contributed by atoms with Crippen molar-refractivity contribution in [1.82, 2.24) is 14.8 Å². The Morgan fingerprint density at radius 3 is 2.57 bits per heavy atom. The second kappa shape index (κ2) is 11.7. The molecule has 188 valence electrons. The number of nitrogens with zero attached hydrogens (tertiary/aromatic N) is 3. The van der Waals surface area contributed by atoms with Gasteiger partial charge in [-0.1, -0.05) is 29.5 Å². The van der Waals surface area contributed by atoms with Crippen molar-refractivity contribution in [2.75, 3.05) is 17.7 Å². The van der Waals surface area contributed by atoms with Crippen LogP contribution in [0.1, 0.15) is 64.6 Å². The van der Waals surface area contributed by atoms with Crippen molar-refractivity contribution in [1.29, 1.82) is 0 Å². The quantitative estimate of drug-likeness (QED) is 0.275. The lowest BCUT2D eigenvalue weighted by molar-refractivity contribution is -0.113. The summed E-state index contributed by atoms with van der Waals surface area (Å²) in [5.41, 5.74) is 3.49. The molecule has 1 amide bonds. The molecule has 0 spiro atoms. The maximum absolute atomic E-state index is 12.7. The van der Waals surface area contributed by atoms with Crippen LogP contribution in [0.15, 0.2) is 23.4 Å². The SMILES string of the molecule is CCOC(=O)c1c(NC(=O)CSc2nnc(C(C)Oc3ccc(C)cc3C)n2CC)sc(C)c1C. The highest BCUT2D eigenvalue weighted by atomic mass is 32.2. The van der Waals surface area contributed by atoms with Gasteiger partial charge < -0.3 is 19.4 Å². The number of hydrogen-bond acceptors (Lipinski definition) is 8. The highest BCUT2D eigenvalue weighted by molar-refractivity contribution is 7.99. The number of aromatic nitrogens is 3. The molecular formula is C25H32N4O4S2. The highest BCUT2D eigenvalue weighted by Gasteiger charge is 2.23. The predicted octanol–water partition coefficient (Wildman–Crippen LogP) is 5.64. The Morgan fingerprint density at radius 2 is 1.91 bits per heavy atom. The maximum Gasteiger partial charge on any atom is 0.341 e. The molecule has 0 bridgehead atoms. The number of amides is 1. The zero-order chi connectivity index (χ0) is 25.7. The average Bonchev–Trinajstić information content (AvgIpc) is 3.34. The number of nitrogens with one attached hydrogen (secondary N) is 1. The van der Waals surface area contributed by atoms with Gasteiger partial charge in [0, 0.05) is 11.4 Å². The highest BCUT2D eigenvalue weighted by Crippen LogP contribution is 2.33. The Morgan fingerprint density at radius 1 is 1.17 bits per heavy atom. The summed E-state index contributed by atoms with van der Waals surface area (Å²) >= 11 is 2.67. The Kier molecular flexibility index (Phi) is 8.96. The van der Waals surface area contributed by atoms with E-state index in [-0.39, 0.29) is 24.4 Å². The van der Waals surface area contributed by atoms with Crippen LogP contribution in [0.4, 0.5) is 5.00 Å². The molecule has 8 nitrogen and oxygen atoms in total. The van der Waals surface area contributed by atoms with Crippen LogP contribution in [0.3, 0.4) is 0 Å². The number of thiophene rings is 1. The molecule has 1 atom stereocenters. The van der Waals surface area contributed by atoms with Crippen molar-refractivity contribution in [3.8, 4) is 5.75 Å². The third-order valence-electron chi connectivity index (χ3n) is 5.51. The summed E-state index contributed by atoms with van der Waals surface area (Å²) in [6.07, 6.45) is -0.309. The fourth-order valence-electron chi connectivity index (χ4n) is 3.64. The molecule has 0 fully saturated rings. The topological polar surface area (TPSA) is 95.3 Å². The number of rotatable bonds is 10. The van der Waals surface area contributed by atoms with Gasteiger partial charge in [0.15, 0.2) is 17.1 Å². The second-order valence-corrected chi connectivity index (χ2v) is 10.3. The lowest BCUT2D eigenvalue weighted by Crippen LogP contribution is -2.17. The third-order valence-corrected chi connectivity index (χ3v) is 7.60. The molecule has 0 aliphatic carbocycles. The van der Waals surface area contributed by atoms with E-state index in [1.165, 1.54) is 28.7 Å². The fraction of sp³-hybridized carbons (Fsp3) is 0.440. The molecule has 35 heavy (non-hydrogen) atoms. The largest absolute Gasteiger partial charge is 0.482 e. The number of carbonyl (C=O) groups is 2. The molecular weight excluding hydrogens is 484 g/mol. The van der Waals surface area contributed by atoms with Gasteiger partial charge in [-0.2, -0.15) is 0 Å². The molecule has 1 N–H and O–H groups in total. The summed E-state index contributed by atoms with van der Waals surface area (Å²) in [7, 11) is 0. The number of anilines is 1. The second-order valence-electron chi connectivity index (χ2n) is 8.16. The van der Waals surface area contributed by atoms with Gasteiger partial charge in [0.2, 0.25) is 5.91 Å². The maximum atomic E-state index is 12.7. The normalized spacial score (nSPS) is 11.9. The van der Waals surface area contributed by atoms with E-state index in [0.717, 1.165) is 21.8 Å². The first-order chi connectivity index (χ1) is 16.7. The average molecular weight is 517 g/mol. The summed E-state index contributed by atoms with van der Waals surface area (Å²) in [5.74, 6) is 0.979. The Labute approximate surface area is 214 Å². The van der Waals surface area contributed by atoms with Gasteiger partial charge in [-0.05, 0) is 65.7 Å². The number of hydrogen-bond donors (Lipinski definition) is 1. The van der Waals surface area contributed by atoms with Crippen molar-refractivity contribution < 1.29 is 19.1 Å². The molecule has 0 radical (unpaired) electrons. The van der Waals surface area contributed by atoms with E-state index < -0.39 is 5.97 Å². The molecule has 1 aromatic carbocycles. The van der Waals surface area contributed by atoms with Crippen molar-refractivity contribution in [2.24, 2.45) is 0 Å². The lowest BCUT2D eigenvalue weighted by atomic mass is 10.1. The van der Waals surface area contributed by atoms with Crippen molar-refractivity contribution in [3.05, 3.63) is 51.2 Å². The van der Waals surface area contributed by atoms with E-state index in [1.54, 1.807) is 6.92 Å². The van der Waals surface area contributed by atoms with Gasteiger partial charge in [-0.3, -0.25) is 4.79 Å². The predicted molar refractivity (Wildman–Crippen MR) is 140 cm³/mol. The van der Waals surface area contributed by atoms with Crippen molar-refractivity contribution >= 4 is 40.0 Å². The summed E-state index contributed by atoms with van der Waals surface area (Å²) < 4.78 is 13.3. The van der Waals surface area contributed by atoms with Crippen LogP contribution >= 0.6 is 23.1 Å². The van der Waals surface area contributed by atoms with E-state index in [0.29, 0.717) is 28.1 Å². The van der Waals surface area contributed by atoms with E-state index in [9.17, 15) is 9.59 Å². The van der Waals surface area contributed by atoms with Gasteiger partial charge in [0.25, 0.3) is 0 Å². The van der Waals surface area contributed by atoms with Crippen LogP contribution in [-0.2, 0) is 16.1 Å². The van der Waals surface area contributed by atoms with E-state index in [2.05, 4.69) is 21.6 Å². The van der Waals surface area contributed by atoms with Crippen LogP contribution < -0.4 is 10.1 Å². The van der Waals surface area contributed by atoms with E-state index >= 15 is 0 Å². The van der Waals surface area contributed by atoms with Crippen molar-refractivity contribution in [2.45, 2.75) is 66.3 Å². The summed E-state index contributed by atoms with van der Waals surface area (Å²) in [6, 6.07) is 6.06. The standard InChI is InChI=1S/C25H32N4O4S2/c1-8-29-22(17(6)33-19-11-10-14(3)12-15(19)4)27-28-25(29)34-13-20(30)26-23-21(24(31)32-9-2)16(5)18(7)35-23/h10-12,17H,8-9,13H2,1-7H3,(H,26,30). The number of aryl methyl sites for hydroxylation is 3. The Bertz CT molecular complexity index is 1220. The molecule has 10 heteroatoms. The van der Waals surface area contributed by atoms with Gasteiger partial charge in [-0.15, -0.1) is 21.5 Å². The molecule has 3 aromatic rings. The summed E-state index contributed by atoms with van der Waals surface area (Å²) in [6.45, 7) is 14.5. The zero-order valence-electron chi connectivity index (χ0n) is 21.2. The molecule has 3 rings (SSSR count). The number of benzene rings is 1. The van der Waals surface area contributed by atoms with Gasteiger partial charge in [0.05, 0.1) is 17.9 Å². The first-order valence-corrected chi connectivity index (χ1v) is 13.3. The molecule has 0 aliphatic rings. The number of esters is 1. The minimum atomic E-state index is -0.425.